The zero-order valence-electron chi connectivity index (χ0n) is 56.9. The molecule has 1 rings (SSSR count). The fraction of sp³-hybridized carbons (Fsp3) is 0.818. The molecular formula is C77H139NO10. The molecule has 1 amide bonds. The van der Waals surface area contributed by atoms with Crippen molar-refractivity contribution < 1.29 is 49.3 Å². The summed E-state index contributed by atoms with van der Waals surface area (Å²) in [5, 5.41) is 54.3. The summed E-state index contributed by atoms with van der Waals surface area (Å²) in [6.45, 7) is 4.27. The molecular weight excluding hydrogens is 1100 g/mol. The molecule has 1 aliphatic rings. The highest BCUT2D eigenvalue weighted by molar-refractivity contribution is 5.76. The SMILES string of the molecule is CCCCC/C=C/CC/C=C/C(O)C(COC1OC(CO)C(O)C(O)C1O)NC(=O)CCCCCCCCCCCCCCCCCCC/C=C\C/C=C\CCCCCCCCCCCCCOC(=O)CCCCCCC/C=C\C/C=C\CCCCCC. The third kappa shape index (κ3) is 53.7. The third-order valence-corrected chi connectivity index (χ3v) is 17.3. The lowest BCUT2D eigenvalue weighted by Gasteiger charge is -2.40. The first-order chi connectivity index (χ1) is 43.2. The Morgan fingerprint density at radius 3 is 1.22 bits per heavy atom. The molecule has 0 aromatic carbocycles. The molecule has 88 heavy (non-hydrogen) atoms. The standard InChI is InChI=1S/C77H139NO10/c1-3-5-7-9-11-13-14-15-16-39-42-45-49-53-57-61-65-73(82)86-66-62-58-54-50-46-43-40-37-35-33-31-29-27-25-23-21-19-17-18-20-22-24-26-28-30-32-34-36-38-41-44-48-52-56-60-64-72(81)78-69(70(80)63-59-55-51-47-12-10-8-6-4-2)68-87-77-76(85)75(84)74(83)71(67-79)88-77/h12-14,16,19,21,25,27,39,47,59,63,69-71,74-77,79-80,83-85H,3-11,15,17-18,20,22-24,26,28-38,40-46,48-58,60-62,64-68H2,1-2H3,(H,78,81)/b14-13-,21-19-,27-25-,39-16-,47-12+,63-59+. The van der Waals surface area contributed by atoms with Crippen LogP contribution in [0.4, 0.5) is 0 Å². The Morgan fingerprint density at radius 1 is 0.420 bits per heavy atom. The molecule has 0 aromatic heterocycles. The van der Waals surface area contributed by atoms with Crippen molar-refractivity contribution in [2.24, 2.45) is 0 Å². The molecule has 11 heteroatoms. The Morgan fingerprint density at radius 2 is 0.773 bits per heavy atom. The molecule has 1 heterocycles. The van der Waals surface area contributed by atoms with E-state index < -0.39 is 49.5 Å². The van der Waals surface area contributed by atoms with Crippen LogP contribution in [0.5, 0.6) is 0 Å². The highest BCUT2D eigenvalue weighted by atomic mass is 16.7. The molecule has 0 aromatic rings. The second kappa shape index (κ2) is 65.6. The molecule has 0 spiro atoms. The van der Waals surface area contributed by atoms with Crippen molar-refractivity contribution in [2.75, 3.05) is 19.8 Å². The maximum absolute atomic E-state index is 13.0. The predicted octanol–water partition coefficient (Wildman–Crippen LogP) is 19.5. The summed E-state index contributed by atoms with van der Waals surface area (Å²) < 4.78 is 16.7. The zero-order valence-corrected chi connectivity index (χ0v) is 56.9. The molecule has 7 unspecified atom stereocenters. The van der Waals surface area contributed by atoms with Gasteiger partial charge in [0.1, 0.15) is 24.4 Å². The predicted molar refractivity (Wildman–Crippen MR) is 370 cm³/mol. The van der Waals surface area contributed by atoms with Crippen LogP contribution < -0.4 is 5.32 Å². The van der Waals surface area contributed by atoms with E-state index in [0.29, 0.717) is 19.4 Å². The van der Waals surface area contributed by atoms with E-state index in [9.17, 15) is 35.1 Å². The average Bonchev–Trinajstić information content (AvgIpc) is 3.48. The first-order valence-corrected chi connectivity index (χ1v) is 37.2. The van der Waals surface area contributed by atoms with Gasteiger partial charge in [0.25, 0.3) is 0 Å². The highest BCUT2D eigenvalue weighted by Crippen LogP contribution is 2.23. The topological polar surface area (TPSA) is 175 Å². The van der Waals surface area contributed by atoms with Crippen molar-refractivity contribution >= 4 is 11.9 Å². The number of nitrogens with one attached hydrogen (secondary N) is 1. The number of carbonyl (C=O) groups is 2. The third-order valence-electron chi connectivity index (χ3n) is 17.3. The number of amides is 1. The molecule has 0 radical (unpaired) electrons. The number of rotatable bonds is 65. The van der Waals surface area contributed by atoms with Gasteiger partial charge in [-0.25, -0.2) is 0 Å². The molecule has 0 aliphatic carbocycles. The van der Waals surface area contributed by atoms with Gasteiger partial charge in [-0.3, -0.25) is 9.59 Å². The van der Waals surface area contributed by atoms with Gasteiger partial charge in [-0.1, -0.05) is 292 Å². The van der Waals surface area contributed by atoms with Crippen molar-refractivity contribution in [3.05, 3.63) is 72.9 Å². The summed E-state index contributed by atoms with van der Waals surface area (Å²) >= 11 is 0. The number of unbranched alkanes of at least 4 members (excludes halogenated alkanes) is 41. The van der Waals surface area contributed by atoms with Crippen LogP contribution in [0.1, 0.15) is 341 Å². The highest BCUT2D eigenvalue weighted by Gasteiger charge is 2.44. The van der Waals surface area contributed by atoms with E-state index in [0.717, 1.165) is 70.6 Å². The molecule has 0 saturated carbocycles. The van der Waals surface area contributed by atoms with Crippen molar-refractivity contribution in [3.63, 3.8) is 0 Å². The van der Waals surface area contributed by atoms with Crippen LogP contribution in [0.2, 0.25) is 0 Å². The second-order valence-corrected chi connectivity index (χ2v) is 25.6. The lowest BCUT2D eigenvalue weighted by molar-refractivity contribution is -0.302. The van der Waals surface area contributed by atoms with Gasteiger partial charge in [-0.15, -0.1) is 0 Å². The van der Waals surface area contributed by atoms with Crippen LogP contribution in [0.15, 0.2) is 72.9 Å². The molecule has 1 saturated heterocycles. The van der Waals surface area contributed by atoms with Gasteiger partial charge >= 0.3 is 5.97 Å². The normalized spacial score (nSPS) is 18.2. The summed E-state index contributed by atoms with van der Waals surface area (Å²) in [6.07, 6.45) is 79.4. The first kappa shape index (κ1) is 83.1. The Labute approximate surface area is 541 Å². The van der Waals surface area contributed by atoms with E-state index in [1.165, 1.54) is 244 Å². The molecule has 1 fully saturated rings. The number of hydrogen-bond donors (Lipinski definition) is 6. The molecule has 7 atom stereocenters. The Balaban J connectivity index is 1.90. The van der Waals surface area contributed by atoms with Gasteiger partial charge in [0.15, 0.2) is 6.29 Å². The number of aliphatic hydroxyl groups excluding tert-OH is 5. The van der Waals surface area contributed by atoms with Crippen molar-refractivity contribution in [2.45, 2.75) is 384 Å². The van der Waals surface area contributed by atoms with Crippen molar-refractivity contribution in [1.29, 1.82) is 0 Å². The van der Waals surface area contributed by atoms with Gasteiger partial charge < -0.3 is 45.1 Å². The Hall–Kier alpha value is -2.90. The minimum absolute atomic E-state index is 0.00396. The van der Waals surface area contributed by atoms with E-state index in [1.807, 2.05) is 6.08 Å². The summed E-state index contributed by atoms with van der Waals surface area (Å²) in [7, 11) is 0. The molecule has 11 nitrogen and oxygen atoms in total. The van der Waals surface area contributed by atoms with Crippen molar-refractivity contribution in [3.8, 4) is 0 Å². The van der Waals surface area contributed by atoms with Gasteiger partial charge in [-0.2, -0.15) is 0 Å². The van der Waals surface area contributed by atoms with Crippen LogP contribution in [0.3, 0.4) is 0 Å². The van der Waals surface area contributed by atoms with E-state index in [1.54, 1.807) is 6.08 Å². The fourth-order valence-electron chi connectivity index (χ4n) is 11.4. The van der Waals surface area contributed by atoms with Crippen LogP contribution in [-0.2, 0) is 23.8 Å². The summed E-state index contributed by atoms with van der Waals surface area (Å²) in [4.78, 5) is 25.1. The van der Waals surface area contributed by atoms with E-state index in [-0.39, 0.29) is 18.5 Å². The van der Waals surface area contributed by atoms with E-state index in [4.69, 9.17) is 14.2 Å². The van der Waals surface area contributed by atoms with Gasteiger partial charge in [0, 0.05) is 12.8 Å². The lowest BCUT2D eigenvalue weighted by atomic mass is 9.99. The van der Waals surface area contributed by atoms with Crippen LogP contribution >= 0.6 is 0 Å². The minimum Gasteiger partial charge on any atom is -0.466 e. The summed E-state index contributed by atoms with van der Waals surface area (Å²) in [5.74, 6) is -0.196. The fourth-order valence-corrected chi connectivity index (χ4v) is 11.4. The van der Waals surface area contributed by atoms with E-state index >= 15 is 0 Å². The minimum atomic E-state index is -1.58. The smallest absolute Gasteiger partial charge is 0.305 e. The zero-order chi connectivity index (χ0) is 63.7. The number of esters is 1. The number of hydrogen-bond acceptors (Lipinski definition) is 10. The first-order valence-electron chi connectivity index (χ1n) is 37.2. The second-order valence-electron chi connectivity index (χ2n) is 25.6. The van der Waals surface area contributed by atoms with Gasteiger partial charge in [0.05, 0.1) is 32.0 Å². The van der Waals surface area contributed by atoms with Crippen LogP contribution in [-0.4, -0.2) is 100 Å². The molecule has 512 valence electrons. The summed E-state index contributed by atoms with van der Waals surface area (Å²) in [5.41, 5.74) is 0. The lowest BCUT2D eigenvalue weighted by Crippen LogP contribution is -2.60. The van der Waals surface area contributed by atoms with Gasteiger partial charge in [0.2, 0.25) is 5.91 Å². The number of allylic oxidation sites excluding steroid dienone is 11. The van der Waals surface area contributed by atoms with Crippen LogP contribution in [0, 0.1) is 0 Å². The maximum atomic E-state index is 13.0. The monoisotopic (exact) mass is 1240 g/mol. The summed E-state index contributed by atoms with van der Waals surface area (Å²) in [6, 6.07) is -0.826. The number of ether oxygens (including phenoxy) is 3. The number of aliphatic hydroxyl groups is 5. The number of carbonyl (C=O) groups excluding carboxylic acids is 2. The molecule has 1 aliphatic heterocycles. The quantitative estimate of drug-likeness (QED) is 0.0195. The maximum Gasteiger partial charge on any atom is 0.305 e. The average molecular weight is 1240 g/mol. The molecule has 0 bridgehead atoms. The van der Waals surface area contributed by atoms with Crippen molar-refractivity contribution in [1.82, 2.24) is 5.32 Å². The van der Waals surface area contributed by atoms with E-state index in [2.05, 4.69) is 79.9 Å². The molecule has 6 N–H and O–H groups in total. The Kier molecular flexibility index (Phi) is 61.9. The Bertz CT molecular complexity index is 1690. The largest absolute Gasteiger partial charge is 0.466 e. The van der Waals surface area contributed by atoms with Gasteiger partial charge in [-0.05, 0) is 109 Å². The van der Waals surface area contributed by atoms with Crippen LogP contribution in [0.25, 0.3) is 0 Å².